The molecular formula is C26H29N3O4. The molecule has 0 radical (unpaired) electrons. The number of urea groups is 1. The average molecular weight is 448 g/mol. The SMILES string of the molecule is CCOc1ccc([C@H]2NC(=O)NC(CN3CC=C(c4ccccc4)CC3)=C2C(=O)OC)cc1. The molecule has 2 amide bonds. The fourth-order valence-electron chi connectivity index (χ4n) is 4.26. The number of esters is 1. The second-order valence-electron chi connectivity index (χ2n) is 8.00. The first-order valence-corrected chi connectivity index (χ1v) is 11.2. The molecule has 2 N–H and O–H groups in total. The Kier molecular flexibility index (Phi) is 7.10. The first-order chi connectivity index (χ1) is 16.1. The molecule has 172 valence electrons. The molecule has 0 fully saturated rings. The van der Waals surface area contributed by atoms with Crippen LogP contribution < -0.4 is 15.4 Å². The standard InChI is InChI=1S/C26H29N3O4/c1-3-33-21-11-9-20(10-12-21)24-23(25(30)32-2)22(27-26(31)28-24)17-29-15-13-19(14-16-29)18-7-5-4-6-8-18/h4-13,24H,3,14-17H2,1-2H3,(H2,27,28,31)/t24-/m1/s1. The number of ether oxygens (including phenoxy) is 2. The lowest BCUT2D eigenvalue weighted by Crippen LogP contribution is -2.48. The Morgan fingerprint density at radius 1 is 1.12 bits per heavy atom. The van der Waals surface area contributed by atoms with Crippen LogP contribution in [-0.2, 0) is 9.53 Å². The number of methoxy groups -OCH3 is 1. The van der Waals surface area contributed by atoms with Gasteiger partial charge in [0.25, 0.3) is 0 Å². The third-order valence-corrected chi connectivity index (χ3v) is 5.90. The molecule has 0 aliphatic carbocycles. The van der Waals surface area contributed by atoms with Gasteiger partial charge in [0.15, 0.2) is 0 Å². The number of hydrogen-bond acceptors (Lipinski definition) is 5. The lowest BCUT2D eigenvalue weighted by Gasteiger charge is -2.33. The van der Waals surface area contributed by atoms with Gasteiger partial charge in [-0.2, -0.15) is 0 Å². The summed E-state index contributed by atoms with van der Waals surface area (Å²) in [4.78, 5) is 27.5. The normalized spacial score (nSPS) is 18.8. The summed E-state index contributed by atoms with van der Waals surface area (Å²) in [6.45, 7) is 4.50. The number of carbonyl (C=O) groups excluding carboxylic acids is 2. The molecule has 1 atom stereocenters. The topological polar surface area (TPSA) is 79.9 Å². The molecule has 7 nitrogen and oxygen atoms in total. The molecule has 0 unspecified atom stereocenters. The number of hydrogen-bond donors (Lipinski definition) is 2. The molecule has 4 rings (SSSR count). The highest BCUT2D eigenvalue weighted by molar-refractivity contribution is 5.95. The van der Waals surface area contributed by atoms with Crippen LogP contribution in [0.1, 0.15) is 30.5 Å². The van der Waals surface area contributed by atoms with Crippen LogP contribution in [0.5, 0.6) is 5.75 Å². The van der Waals surface area contributed by atoms with Crippen LogP contribution in [0.3, 0.4) is 0 Å². The molecule has 33 heavy (non-hydrogen) atoms. The van der Waals surface area contributed by atoms with Crippen LogP contribution in [0.15, 0.2) is 71.9 Å². The largest absolute Gasteiger partial charge is 0.494 e. The molecule has 0 aromatic heterocycles. The van der Waals surface area contributed by atoms with Crippen LogP contribution in [0, 0.1) is 0 Å². The molecule has 0 spiro atoms. The van der Waals surface area contributed by atoms with E-state index in [0.717, 1.165) is 30.8 Å². The van der Waals surface area contributed by atoms with E-state index < -0.39 is 12.0 Å². The van der Waals surface area contributed by atoms with Crippen LogP contribution in [-0.4, -0.2) is 50.3 Å². The van der Waals surface area contributed by atoms with Crippen molar-refractivity contribution in [3.63, 3.8) is 0 Å². The van der Waals surface area contributed by atoms with Gasteiger partial charge in [0.1, 0.15) is 5.75 Å². The van der Waals surface area contributed by atoms with Crippen LogP contribution in [0.4, 0.5) is 4.79 Å². The van der Waals surface area contributed by atoms with Gasteiger partial charge in [-0.1, -0.05) is 48.5 Å². The van der Waals surface area contributed by atoms with Crippen molar-refractivity contribution in [1.82, 2.24) is 15.5 Å². The fraction of sp³-hybridized carbons (Fsp3) is 0.308. The Morgan fingerprint density at radius 2 is 1.88 bits per heavy atom. The Labute approximate surface area is 194 Å². The maximum atomic E-state index is 12.8. The van der Waals surface area contributed by atoms with E-state index in [0.29, 0.717) is 24.4 Å². The number of amides is 2. The minimum Gasteiger partial charge on any atom is -0.494 e. The van der Waals surface area contributed by atoms with Gasteiger partial charge >= 0.3 is 12.0 Å². The van der Waals surface area contributed by atoms with Crippen molar-refractivity contribution in [3.8, 4) is 5.75 Å². The summed E-state index contributed by atoms with van der Waals surface area (Å²) < 4.78 is 10.6. The molecule has 0 bridgehead atoms. The Balaban J connectivity index is 1.58. The van der Waals surface area contributed by atoms with E-state index in [1.165, 1.54) is 18.2 Å². The number of nitrogens with one attached hydrogen (secondary N) is 2. The van der Waals surface area contributed by atoms with Gasteiger partial charge in [-0.15, -0.1) is 0 Å². The molecule has 7 heteroatoms. The molecule has 2 aromatic rings. The number of carbonyl (C=O) groups is 2. The van der Waals surface area contributed by atoms with E-state index in [9.17, 15) is 9.59 Å². The summed E-state index contributed by atoms with van der Waals surface area (Å²) in [6, 6.07) is 16.8. The molecular weight excluding hydrogens is 418 g/mol. The van der Waals surface area contributed by atoms with E-state index in [4.69, 9.17) is 9.47 Å². The van der Waals surface area contributed by atoms with Crippen LogP contribution in [0.25, 0.3) is 5.57 Å². The molecule has 0 saturated carbocycles. The third-order valence-electron chi connectivity index (χ3n) is 5.90. The van der Waals surface area contributed by atoms with Crippen molar-refractivity contribution >= 4 is 17.6 Å². The summed E-state index contributed by atoms with van der Waals surface area (Å²) in [7, 11) is 1.36. The molecule has 2 aromatic carbocycles. The minimum absolute atomic E-state index is 0.339. The average Bonchev–Trinajstić information content (AvgIpc) is 2.85. The molecule has 0 saturated heterocycles. The number of nitrogens with zero attached hydrogens (tertiary/aromatic N) is 1. The van der Waals surface area contributed by atoms with Gasteiger partial charge in [0, 0.05) is 25.3 Å². The smallest absolute Gasteiger partial charge is 0.338 e. The van der Waals surface area contributed by atoms with Gasteiger partial charge in [-0.3, -0.25) is 4.90 Å². The molecule has 2 aliphatic rings. The summed E-state index contributed by atoms with van der Waals surface area (Å²) in [6.07, 6.45) is 3.11. The van der Waals surface area contributed by atoms with Gasteiger partial charge in [-0.25, -0.2) is 9.59 Å². The fourth-order valence-corrected chi connectivity index (χ4v) is 4.26. The quantitative estimate of drug-likeness (QED) is 0.634. The first kappa shape index (κ1) is 22.6. The van der Waals surface area contributed by atoms with Crippen molar-refractivity contribution in [2.24, 2.45) is 0 Å². The van der Waals surface area contributed by atoms with Gasteiger partial charge in [0.2, 0.25) is 0 Å². The third kappa shape index (κ3) is 5.26. The highest BCUT2D eigenvalue weighted by Gasteiger charge is 2.34. The number of rotatable bonds is 7. The van der Waals surface area contributed by atoms with E-state index in [1.54, 1.807) is 0 Å². The zero-order valence-corrected chi connectivity index (χ0v) is 19.0. The molecule has 2 aliphatic heterocycles. The van der Waals surface area contributed by atoms with Gasteiger partial charge in [0.05, 0.1) is 25.3 Å². The zero-order chi connectivity index (χ0) is 23.2. The van der Waals surface area contributed by atoms with E-state index in [2.05, 4.69) is 33.7 Å². The van der Waals surface area contributed by atoms with E-state index in [1.807, 2.05) is 49.4 Å². The highest BCUT2D eigenvalue weighted by atomic mass is 16.5. The predicted molar refractivity (Wildman–Crippen MR) is 127 cm³/mol. The zero-order valence-electron chi connectivity index (χ0n) is 19.0. The van der Waals surface area contributed by atoms with E-state index >= 15 is 0 Å². The Morgan fingerprint density at radius 3 is 2.52 bits per heavy atom. The van der Waals surface area contributed by atoms with Crippen molar-refractivity contribution in [2.75, 3.05) is 33.4 Å². The summed E-state index contributed by atoms with van der Waals surface area (Å²) in [5.41, 5.74) is 4.32. The first-order valence-electron chi connectivity index (χ1n) is 11.2. The van der Waals surface area contributed by atoms with Crippen molar-refractivity contribution in [3.05, 3.63) is 83.1 Å². The highest BCUT2D eigenvalue weighted by Crippen LogP contribution is 2.30. The predicted octanol–water partition coefficient (Wildman–Crippen LogP) is 3.66. The summed E-state index contributed by atoms with van der Waals surface area (Å²) in [5, 5.41) is 5.71. The Hall–Kier alpha value is -3.58. The van der Waals surface area contributed by atoms with Crippen LogP contribution >= 0.6 is 0 Å². The van der Waals surface area contributed by atoms with Crippen molar-refractivity contribution < 1.29 is 19.1 Å². The lowest BCUT2D eigenvalue weighted by atomic mass is 9.94. The van der Waals surface area contributed by atoms with Gasteiger partial charge < -0.3 is 20.1 Å². The molecule has 2 heterocycles. The maximum Gasteiger partial charge on any atom is 0.338 e. The summed E-state index contributed by atoms with van der Waals surface area (Å²) in [5.74, 6) is 0.272. The van der Waals surface area contributed by atoms with Crippen LogP contribution in [0.2, 0.25) is 0 Å². The van der Waals surface area contributed by atoms with Gasteiger partial charge in [-0.05, 0) is 42.2 Å². The monoisotopic (exact) mass is 447 g/mol. The van der Waals surface area contributed by atoms with Crippen molar-refractivity contribution in [1.29, 1.82) is 0 Å². The van der Waals surface area contributed by atoms with E-state index in [-0.39, 0.29) is 6.03 Å². The Bertz CT molecular complexity index is 1060. The second kappa shape index (κ2) is 10.4. The van der Waals surface area contributed by atoms with Crippen molar-refractivity contribution in [2.45, 2.75) is 19.4 Å². The maximum absolute atomic E-state index is 12.8. The number of benzene rings is 2. The lowest BCUT2D eigenvalue weighted by molar-refractivity contribution is -0.136. The minimum atomic E-state index is -0.600. The second-order valence-corrected chi connectivity index (χ2v) is 8.00. The summed E-state index contributed by atoms with van der Waals surface area (Å²) >= 11 is 0.